The molecule has 0 radical (unpaired) electrons. The maximum absolute atomic E-state index is 2.40. The molecule has 48 heavy (non-hydrogen) atoms. The van der Waals surface area contributed by atoms with Crippen molar-refractivity contribution in [3.05, 3.63) is 182 Å². The summed E-state index contributed by atoms with van der Waals surface area (Å²) in [6.07, 6.45) is 0. The molecular weight excluding hydrogens is 577 g/mol. The van der Waals surface area contributed by atoms with E-state index in [2.05, 4.69) is 182 Å². The lowest BCUT2D eigenvalue weighted by molar-refractivity contribution is 1.66. The lowest BCUT2D eigenvalue weighted by Gasteiger charge is -2.20. The van der Waals surface area contributed by atoms with Crippen LogP contribution in [0.2, 0.25) is 0 Å². The van der Waals surface area contributed by atoms with Crippen molar-refractivity contribution in [1.29, 1.82) is 0 Å². The highest BCUT2D eigenvalue weighted by Gasteiger charge is 2.19. The summed E-state index contributed by atoms with van der Waals surface area (Å²) >= 11 is 0. The number of fused-ring (bicyclic) bond motifs is 7. The Morgan fingerprint density at radius 3 is 1.27 bits per heavy atom. The third-order valence-electron chi connectivity index (χ3n) is 10.2. The molecule has 0 saturated carbocycles. The van der Waals surface area contributed by atoms with Crippen LogP contribution in [0, 0.1) is 0 Å². The van der Waals surface area contributed by atoms with Crippen molar-refractivity contribution < 1.29 is 0 Å². The Morgan fingerprint density at radius 1 is 0.208 bits per heavy atom. The van der Waals surface area contributed by atoms with Crippen molar-refractivity contribution in [3.63, 3.8) is 0 Å². The molecule has 0 aliphatic carbocycles. The van der Waals surface area contributed by atoms with Gasteiger partial charge in [-0.1, -0.05) is 158 Å². The van der Waals surface area contributed by atoms with Gasteiger partial charge in [-0.05, 0) is 122 Å². The summed E-state index contributed by atoms with van der Waals surface area (Å²) in [5.41, 5.74) is 7.57. The van der Waals surface area contributed by atoms with Crippen LogP contribution in [0.1, 0.15) is 0 Å². The molecule has 0 aliphatic rings. The molecule has 0 aliphatic heterocycles. The van der Waals surface area contributed by atoms with E-state index in [1.54, 1.807) is 0 Å². The van der Waals surface area contributed by atoms with Gasteiger partial charge in [-0.3, -0.25) is 0 Å². The lowest BCUT2D eigenvalue weighted by atomic mass is 9.83. The van der Waals surface area contributed by atoms with Crippen molar-refractivity contribution in [2.75, 3.05) is 0 Å². The summed E-state index contributed by atoms with van der Waals surface area (Å²) in [6.45, 7) is 0. The van der Waals surface area contributed by atoms with Gasteiger partial charge in [0.25, 0.3) is 0 Å². The second-order valence-electron chi connectivity index (χ2n) is 12.9. The van der Waals surface area contributed by atoms with Gasteiger partial charge in [0.2, 0.25) is 0 Å². The van der Waals surface area contributed by atoms with Crippen molar-refractivity contribution >= 4 is 64.6 Å². The minimum absolute atomic E-state index is 1.23. The van der Waals surface area contributed by atoms with Crippen LogP contribution in [0.3, 0.4) is 0 Å². The lowest BCUT2D eigenvalue weighted by Crippen LogP contribution is -1.92. The second-order valence-corrected chi connectivity index (χ2v) is 12.9. The summed E-state index contributed by atoms with van der Waals surface area (Å²) in [7, 11) is 0. The van der Waals surface area contributed by atoms with Crippen LogP contribution in [0.4, 0.5) is 0 Å². The minimum atomic E-state index is 1.23. The average Bonchev–Trinajstić information content (AvgIpc) is 3.16. The summed E-state index contributed by atoms with van der Waals surface area (Å²) in [4.78, 5) is 0. The summed E-state index contributed by atoms with van der Waals surface area (Å²) < 4.78 is 0. The van der Waals surface area contributed by atoms with Gasteiger partial charge in [0.15, 0.2) is 0 Å². The molecule has 0 saturated heterocycles. The third kappa shape index (κ3) is 4.16. The van der Waals surface area contributed by atoms with Gasteiger partial charge in [0.1, 0.15) is 0 Å². The minimum Gasteiger partial charge on any atom is -0.0616 e. The normalized spacial score (nSPS) is 11.8. The molecule has 10 aromatic carbocycles. The zero-order chi connectivity index (χ0) is 31.6. The van der Waals surface area contributed by atoms with Crippen LogP contribution in [0.25, 0.3) is 98.0 Å². The molecule has 0 amide bonds. The maximum atomic E-state index is 2.40. The van der Waals surface area contributed by atoms with Gasteiger partial charge in [0.05, 0.1) is 0 Å². The molecule has 0 spiro atoms. The highest BCUT2D eigenvalue weighted by atomic mass is 14.2. The standard InChI is InChI=1S/C48H30/c1-2-12-33-27-34(24-21-31(33)11-1)35-25-22-32-23-26-37(29-38(32)28-35)47-42-17-7-9-19-44(42)48(45-20-10-8-18-43(45)47)46-30-36-13-3-4-14-39(36)40-15-5-6-16-41(40)46/h1-30H. The van der Waals surface area contributed by atoms with E-state index in [9.17, 15) is 0 Å². The van der Waals surface area contributed by atoms with Crippen LogP contribution < -0.4 is 0 Å². The molecule has 0 fully saturated rings. The fourth-order valence-electron chi connectivity index (χ4n) is 7.94. The molecule has 0 nitrogen and oxygen atoms in total. The first-order valence-electron chi connectivity index (χ1n) is 16.7. The molecule has 0 unspecified atom stereocenters. The molecule has 0 heteroatoms. The summed E-state index contributed by atoms with van der Waals surface area (Å²) in [5, 5.41) is 15.2. The Balaban J connectivity index is 1.23. The number of benzene rings is 10. The second kappa shape index (κ2) is 10.7. The molecule has 10 rings (SSSR count). The van der Waals surface area contributed by atoms with Crippen molar-refractivity contribution in [1.82, 2.24) is 0 Å². The van der Waals surface area contributed by atoms with E-state index in [0.29, 0.717) is 0 Å². The molecule has 10 aromatic rings. The molecule has 0 bridgehead atoms. The van der Waals surface area contributed by atoms with Crippen molar-refractivity contribution in [2.45, 2.75) is 0 Å². The quantitative estimate of drug-likeness (QED) is 0.139. The molecule has 0 aromatic heterocycles. The summed E-state index contributed by atoms with van der Waals surface area (Å²) in [6, 6.07) is 67.2. The van der Waals surface area contributed by atoms with E-state index in [-0.39, 0.29) is 0 Å². The first-order chi connectivity index (χ1) is 23.8. The average molecular weight is 607 g/mol. The molecule has 0 atom stereocenters. The zero-order valence-corrected chi connectivity index (χ0v) is 26.3. The van der Waals surface area contributed by atoms with E-state index in [4.69, 9.17) is 0 Å². The molecule has 0 N–H and O–H groups in total. The molecular formula is C48H30. The van der Waals surface area contributed by atoms with Gasteiger partial charge in [-0.15, -0.1) is 0 Å². The highest BCUT2D eigenvalue weighted by molar-refractivity contribution is 6.26. The monoisotopic (exact) mass is 606 g/mol. The van der Waals surface area contributed by atoms with Gasteiger partial charge in [-0.2, -0.15) is 0 Å². The Hall–Kier alpha value is -6.24. The van der Waals surface area contributed by atoms with Crippen LogP contribution in [-0.4, -0.2) is 0 Å². The van der Waals surface area contributed by atoms with Crippen molar-refractivity contribution in [2.24, 2.45) is 0 Å². The van der Waals surface area contributed by atoms with E-state index in [1.807, 2.05) is 0 Å². The van der Waals surface area contributed by atoms with Gasteiger partial charge in [0, 0.05) is 0 Å². The van der Waals surface area contributed by atoms with Crippen LogP contribution in [-0.2, 0) is 0 Å². The van der Waals surface area contributed by atoms with Crippen LogP contribution in [0.5, 0.6) is 0 Å². The fourth-order valence-corrected chi connectivity index (χ4v) is 7.94. The first-order valence-corrected chi connectivity index (χ1v) is 16.7. The predicted molar refractivity (Wildman–Crippen MR) is 208 cm³/mol. The van der Waals surface area contributed by atoms with Gasteiger partial charge in [-0.25, -0.2) is 0 Å². The Labute approximate surface area is 279 Å². The Kier molecular flexibility index (Phi) is 5.98. The first kappa shape index (κ1) is 26.9. The zero-order valence-electron chi connectivity index (χ0n) is 26.3. The smallest absolute Gasteiger partial charge is 0.00199 e. The Morgan fingerprint density at radius 2 is 0.625 bits per heavy atom. The van der Waals surface area contributed by atoms with E-state index in [1.165, 1.54) is 98.0 Å². The largest absolute Gasteiger partial charge is 0.0616 e. The molecule has 222 valence electrons. The maximum Gasteiger partial charge on any atom is -0.00199 e. The Bertz CT molecular complexity index is 2830. The summed E-state index contributed by atoms with van der Waals surface area (Å²) in [5.74, 6) is 0. The van der Waals surface area contributed by atoms with E-state index in [0.717, 1.165) is 0 Å². The van der Waals surface area contributed by atoms with Crippen LogP contribution >= 0.6 is 0 Å². The van der Waals surface area contributed by atoms with E-state index < -0.39 is 0 Å². The molecule has 0 heterocycles. The fraction of sp³-hybridized carbons (Fsp3) is 0. The number of hydrogen-bond donors (Lipinski definition) is 0. The van der Waals surface area contributed by atoms with Gasteiger partial charge >= 0.3 is 0 Å². The van der Waals surface area contributed by atoms with Crippen molar-refractivity contribution in [3.8, 4) is 33.4 Å². The number of hydrogen-bond acceptors (Lipinski definition) is 0. The topological polar surface area (TPSA) is 0 Å². The van der Waals surface area contributed by atoms with E-state index >= 15 is 0 Å². The highest BCUT2D eigenvalue weighted by Crippen LogP contribution is 2.46. The third-order valence-corrected chi connectivity index (χ3v) is 10.2. The predicted octanol–water partition coefficient (Wildman–Crippen LogP) is 13.6. The van der Waals surface area contributed by atoms with Gasteiger partial charge < -0.3 is 0 Å². The SMILES string of the molecule is c1ccc2cc(-c3ccc4ccc(-c5c6ccccc6c(-c6cc7ccccc7c7ccccc67)c6ccccc56)cc4c3)ccc2c1. The number of rotatable bonds is 3. The van der Waals surface area contributed by atoms with Crippen LogP contribution in [0.15, 0.2) is 182 Å².